The van der Waals surface area contributed by atoms with Gasteiger partial charge in [-0.3, -0.25) is 4.55 Å². The van der Waals surface area contributed by atoms with Crippen molar-refractivity contribution in [3.63, 3.8) is 0 Å². The van der Waals surface area contributed by atoms with Crippen LogP contribution in [0.4, 0.5) is 0 Å². The summed E-state index contributed by atoms with van der Waals surface area (Å²) in [4.78, 5) is 23.0. The van der Waals surface area contributed by atoms with Gasteiger partial charge in [0.25, 0.3) is 10.1 Å². The maximum atomic E-state index is 11.6. The van der Waals surface area contributed by atoms with E-state index in [4.69, 9.17) is 14.0 Å². The van der Waals surface area contributed by atoms with Gasteiger partial charge in [0.1, 0.15) is 0 Å². The summed E-state index contributed by atoms with van der Waals surface area (Å²) >= 11 is 0. The number of carbonyl (C=O) groups excluding carboxylic acids is 2. The van der Waals surface area contributed by atoms with Crippen LogP contribution in [0.1, 0.15) is 129 Å². The minimum absolute atomic E-state index is 0. The van der Waals surface area contributed by atoms with Crippen LogP contribution in [0.15, 0.2) is 12.2 Å². The molecule has 7 nitrogen and oxygen atoms in total. The summed E-state index contributed by atoms with van der Waals surface area (Å²) in [6, 6.07) is 0. The SMILES string of the molecule is CCCCCCCCCCCCCCCCCCCCOC(=O)/C=C\C(=O)OCCCS(=O)(=O)O.[NaH]. The zero-order valence-electron chi connectivity index (χ0n) is 22.0. The molecular weight excluding hydrogens is 491 g/mol. The Balaban J connectivity index is 0. The van der Waals surface area contributed by atoms with Crippen LogP contribution in [0.3, 0.4) is 0 Å². The van der Waals surface area contributed by atoms with E-state index < -0.39 is 27.8 Å². The molecule has 0 amide bonds. The first-order chi connectivity index (χ1) is 16.8. The van der Waals surface area contributed by atoms with Gasteiger partial charge in [-0.1, -0.05) is 116 Å². The molecule has 0 radical (unpaired) electrons. The van der Waals surface area contributed by atoms with Crippen molar-refractivity contribution in [2.24, 2.45) is 0 Å². The molecule has 0 bridgehead atoms. The first-order valence-electron chi connectivity index (χ1n) is 13.8. The predicted molar refractivity (Wildman–Crippen MR) is 148 cm³/mol. The first-order valence-corrected chi connectivity index (χ1v) is 15.4. The van der Waals surface area contributed by atoms with E-state index in [1.807, 2.05) is 0 Å². The molecule has 0 aromatic rings. The summed E-state index contributed by atoms with van der Waals surface area (Å²) in [5.74, 6) is -1.84. The third kappa shape index (κ3) is 31.6. The van der Waals surface area contributed by atoms with Gasteiger partial charge in [0.05, 0.1) is 19.0 Å². The molecule has 0 atom stereocenters. The fourth-order valence-corrected chi connectivity index (χ4v) is 4.31. The Kier molecular flexibility index (Phi) is 29.0. The summed E-state index contributed by atoms with van der Waals surface area (Å²) in [6.07, 6.45) is 25.4. The molecule has 0 saturated carbocycles. The van der Waals surface area contributed by atoms with Gasteiger partial charge in [0, 0.05) is 12.2 Å². The Hall–Kier alpha value is -0.410. The summed E-state index contributed by atoms with van der Waals surface area (Å²) in [5, 5.41) is 0. The van der Waals surface area contributed by atoms with Crippen molar-refractivity contribution in [1.29, 1.82) is 0 Å². The molecule has 0 aromatic heterocycles. The summed E-state index contributed by atoms with van der Waals surface area (Å²) < 4.78 is 39.4. The number of unbranched alkanes of at least 4 members (excludes halogenated alkanes) is 17. The fourth-order valence-electron chi connectivity index (χ4n) is 3.82. The molecule has 0 aromatic carbocycles. The average Bonchev–Trinajstić information content (AvgIpc) is 2.81. The van der Waals surface area contributed by atoms with Crippen molar-refractivity contribution in [3.05, 3.63) is 12.2 Å². The molecule has 0 unspecified atom stereocenters. The van der Waals surface area contributed by atoms with Crippen molar-refractivity contribution in [2.45, 2.75) is 129 Å². The third-order valence-corrected chi connectivity index (χ3v) is 6.69. The second-order valence-corrected chi connectivity index (χ2v) is 10.9. The van der Waals surface area contributed by atoms with Gasteiger partial charge in [-0.25, -0.2) is 9.59 Å². The van der Waals surface area contributed by atoms with Gasteiger partial charge in [-0.2, -0.15) is 8.42 Å². The first kappa shape index (κ1) is 37.7. The molecule has 208 valence electrons. The maximum absolute atomic E-state index is 11.6. The van der Waals surface area contributed by atoms with E-state index >= 15 is 0 Å². The molecule has 0 rings (SSSR count). The van der Waals surface area contributed by atoms with E-state index in [9.17, 15) is 18.0 Å². The van der Waals surface area contributed by atoms with Crippen LogP contribution < -0.4 is 0 Å². The minimum atomic E-state index is -4.06. The van der Waals surface area contributed by atoms with E-state index in [0.717, 1.165) is 31.4 Å². The van der Waals surface area contributed by atoms with Crippen molar-refractivity contribution < 1.29 is 32.0 Å². The monoisotopic (exact) mass is 542 g/mol. The average molecular weight is 543 g/mol. The standard InChI is InChI=1S/C27H50O7S.Na.H/c1-2-3-4-5-6-7-8-9-10-11-12-13-14-15-16-17-18-19-23-33-26(28)21-22-27(29)34-24-20-25-35(30,31)32;;/h21-22H,2-20,23-25H2,1H3,(H,30,31,32);;/b22-21-;;. The number of esters is 2. The van der Waals surface area contributed by atoms with Crippen LogP contribution in [0.25, 0.3) is 0 Å². The van der Waals surface area contributed by atoms with Gasteiger partial charge in [-0.15, -0.1) is 0 Å². The Morgan fingerprint density at radius 1 is 0.583 bits per heavy atom. The van der Waals surface area contributed by atoms with E-state index in [1.165, 1.54) is 96.3 Å². The summed E-state index contributed by atoms with van der Waals surface area (Å²) in [7, 11) is -4.06. The molecule has 1 N–H and O–H groups in total. The topological polar surface area (TPSA) is 107 Å². The zero-order valence-corrected chi connectivity index (χ0v) is 22.8. The third-order valence-electron chi connectivity index (χ3n) is 5.89. The van der Waals surface area contributed by atoms with Gasteiger partial charge >= 0.3 is 41.5 Å². The zero-order chi connectivity index (χ0) is 26.0. The van der Waals surface area contributed by atoms with Gasteiger partial charge in [0.15, 0.2) is 0 Å². The van der Waals surface area contributed by atoms with Crippen LogP contribution in [0, 0.1) is 0 Å². The predicted octanol–water partition coefficient (Wildman–Crippen LogP) is 6.30. The second kappa shape index (κ2) is 27.6. The second-order valence-electron chi connectivity index (χ2n) is 9.32. The Morgan fingerprint density at radius 3 is 1.22 bits per heavy atom. The molecule has 0 aliphatic heterocycles. The van der Waals surface area contributed by atoms with Gasteiger partial charge in [0.2, 0.25) is 0 Å². The van der Waals surface area contributed by atoms with E-state index in [1.54, 1.807) is 0 Å². The van der Waals surface area contributed by atoms with Crippen LogP contribution >= 0.6 is 0 Å². The van der Waals surface area contributed by atoms with Gasteiger partial charge < -0.3 is 9.47 Å². The number of ether oxygens (including phenoxy) is 2. The van der Waals surface area contributed by atoms with Crippen LogP contribution in [-0.4, -0.2) is 73.4 Å². The van der Waals surface area contributed by atoms with Crippen LogP contribution in [-0.2, 0) is 29.2 Å². The molecule has 0 heterocycles. The summed E-state index contributed by atoms with van der Waals surface area (Å²) in [6.45, 7) is 2.43. The van der Waals surface area contributed by atoms with Gasteiger partial charge in [-0.05, 0) is 12.8 Å². The van der Waals surface area contributed by atoms with Crippen molar-refractivity contribution in [3.8, 4) is 0 Å². The Bertz CT molecular complexity index is 651. The molecule has 9 heteroatoms. The molecule has 0 spiro atoms. The number of rotatable bonds is 25. The molecule has 0 fully saturated rings. The van der Waals surface area contributed by atoms with E-state index in [0.29, 0.717) is 6.61 Å². The number of hydrogen-bond donors (Lipinski definition) is 1. The molecule has 0 aliphatic rings. The van der Waals surface area contributed by atoms with E-state index in [-0.39, 0.29) is 42.6 Å². The van der Waals surface area contributed by atoms with Crippen molar-refractivity contribution in [2.75, 3.05) is 19.0 Å². The fraction of sp³-hybridized carbons (Fsp3) is 0.852. The van der Waals surface area contributed by atoms with Crippen molar-refractivity contribution in [1.82, 2.24) is 0 Å². The summed E-state index contributed by atoms with van der Waals surface area (Å²) in [5.41, 5.74) is 0. The van der Waals surface area contributed by atoms with E-state index in [2.05, 4.69) is 6.92 Å². The molecule has 0 saturated heterocycles. The quantitative estimate of drug-likeness (QED) is 0.0474. The molecule has 0 aliphatic carbocycles. The number of carbonyl (C=O) groups is 2. The van der Waals surface area contributed by atoms with Crippen LogP contribution in [0.2, 0.25) is 0 Å². The molecular formula is C27H51NaO7S. The van der Waals surface area contributed by atoms with Crippen molar-refractivity contribution >= 4 is 51.6 Å². The molecule has 36 heavy (non-hydrogen) atoms. The normalized spacial score (nSPS) is 11.4. The number of hydrogen-bond acceptors (Lipinski definition) is 6. The van der Waals surface area contributed by atoms with Crippen LogP contribution in [0.5, 0.6) is 0 Å². The Morgan fingerprint density at radius 2 is 0.889 bits per heavy atom. The Labute approximate surface area is 242 Å².